The zero-order valence-electron chi connectivity index (χ0n) is 14.1. The van der Waals surface area contributed by atoms with Crippen LogP contribution in [-0.4, -0.2) is 28.1 Å². The Labute approximate surface area is 146 Å². The number of aromatic nitrogens is 1. The smallest absolute Gasteiger partial charge is 0.233 e. The minimum atomic E-state index is -0.218. The number of carbonyl (C=O) groups excluding carboxylic acids is 1. The van der Waals surface area contributed by atoms with Crippen LogP contribution in [0.15, 0.2) is 36.7 Å². The van der Waals surface area contributed by atoms with E-state index in [0.29, 0.717) is 23.8 Å². The maximum absolute atomic E-state index is 14.0. The van der Waals surface area contributed by atoms with Crippen LogP contribution in [0.1, 0.15) is 30.3 Å². The second kappa shape index (κ2) is 6.93. The number of halogens is 1. The van der Waals surface area contributed by atoms with E-state index in [4.69, 9.17) is 0 Å². The van der Waals surface area contributed by atoms with Gasteiger partial charge in [-0.3, -0.25) is 9.78 Å². The molecule has 0 spiro atoms. The van der Waals surface area contributed by atoms with Gasteiger partial charge >= 0.3 is 0 Å². The Hall–Kier alpha value is -1.88. The van der Waals surface area contributed by atoms with E-state index in [9.17, 15) is 9.18 Å². The highest BCUT2D eigenvalue weighted by molar-refractivity contribution is 8.00. The largest absolute Gasteiger partial charge is 0.325 e. The van der Waals surface area contributed by atoms with Crippen molar-refractivity contribution in [2.75, 3.05) is 12.3 Å². The first-order chi connectivity index (χ1) is 11.5. The molecule has 2 aromatic rings. The third-order valence-electron chi connectivity index (χ3n) is 4.13. The number of nitrogens with zero attached hydrogens (tertiary/aromatic N) is 2. The Morgan fingerprint density at radius 3 is 2.88 bits per heavy atom. The van der Waals surface area contributed by atoms with Crippen molar-refractivity contribution in [3.8, 4) is 11.1 Å². The van der Waals surface area contributed by atoms with Gasteiger partial charge in [0.2, 0.25) is 5.91 Å². The minimum Gasteiger partial charge on any atom is -0.325 e. The summed E-state index contributed by atoms with van der Waals surface area (Å²) in [5, 5.41) is -0.0621. The van der Waals surface area contributed by atoms with Crippen LogP contribution in [0.4, 0.5) is 4.39 Å². The van der Waals surface area contributed by atoms with E-state index in [1.165, 1.54) is 0 Å². The summed E-state index contributed by atoms with van der Waals surface area (Å²) in [6.45, 7) is 6.68. The van der Waals surface area contributed by atoms with Crippen molar-refractivity contribution in [2.24, 2.45) is 5.92 Å². The summed E-state index contributed by atoms with van der Waals surface area (Å²) in [6.07, 6.45) is 3.52. The second-order valence-corrected chi connectivity index (χ2v) is 7.60. The van der Waals surface area contributed by atoms with Crippen molar-refractivity contribution in [3.05, 3.63) is 53.6 Å². The van der Waals surface area contributed by atoms with Gasteiger partial charge in [0.15, 0.2) is 0 Å². The molecule has 0 N–H and O–H groups in total. The molecule has 1 fully saturated rings. The van der Waals surface area contributed by atoms with Gasteiger partial charge in [0.25, 0.3) is 0 Å². The maximum Gasteiger partial charge on any atom is 0.233 e. The first-order valence-electron chi connectivity index (χ1n) is 8.09. The molecule has 1 aliphatic heterocycles. The van der Waals surface area contributed by atoms with E-state index in [1.54, 1.807) is 43.2 Å². The quantitative estimate of drug-likeness (QED) is 0.823. The topological polar surface area (TPSA) is 33.2 Å². The molecular formula is C19H21FN2OS. The van der Waals surface area contributed by atoms with Crippen molar-refractivity contribution in [1.82, 2.24) is 9.88 Å². The maximum atomic E-state index is 14.0. The van der Waals surface area contributed by atoms with Crippen LogP contribution in [0, 0.1) is 18.7 Å². The van der Waals surface area contributed by atoms with Crippen LogP contribution in [0.3, 0.4) is 0 Å². The van der Waals surface area contributed by atoms with Crippen molar-refractivity contribution < 1.29 is 9.18 Å². The lowest BCUT2D eigenvalue weighted by Gasteiger charge is -2.27. The summed E-state index contributed by atoms with van der Waals surface area (Å²) in [5.74, 6) is 0.814. The Kier molecular flexibility index (Phi) is 4.90. The fourth-order valence-electron chi connectivity index (χ4n) is 2.93. The van der Waals surface area contributed by atoms with Crippen LogP contribution in [0.25, 0.3) is 11.1 Å². The second-order valence-electron chi connectivity index (χ2n) is 6.53. The fourth-order valence-corrected chi connectivity index (χ4v) is 4.15. The summed E-state index contributed by atoms with van der Waals surface area (Å²) < 4.78 is 14.0. The van der Waals surface area contributed by atoms with Crippen LogP contribution in [-0.2, 0) is 4.79 Å². The van der Waals surface area contributed by atoms with E-state index in [0.717, 1.165) is 16.7 Å². The number of hydrogen-bond acceptors (Lipinski definition) is 3. The molecule has 0 radical (unpaired) electrons. The molecule has 1 aromatic carbocycles. The lowest BCUT2D eigenvalue weighted by Crippen LogP contribution is -2.31. The molecule has 0 saturated carbocycles. The highest BCUT2D eigenvalue weighted by Crippen LogP contribution is 2.42. The molecule has 24 heavy (non-hydrogen) atoms. The number of aryl methyl sites for hydroxylation is 1. The average Bonchev–Trinajstić information content (AvgIpc) is 2.90. The predicted octanol–water partition coefficient (Wildman–Crippen LogP) is 4.43. The number of benzene rings is 1. The zero-order valence-corrected chi connectivity index (χ0v) is 14.9. The molecule has 2 heterocycles. The number of rotatable bonds is 4. The van der Waals surface area contributed by atoms with Crippen LogP contribution in [0.5, 0.6) is 0 Å². The molecule has 0 aliphatic carbocycles. The molecule has 5 heteroatoms. The minimum absolute atomic E-state index is 0.0621. The van der Waals surface area contributed by atoms with Crippen molar-refractivity contribution >= 4 is 17.7 Å². The molecule has 1 saturated heterocycles. The summed E-state index contributed by atoms with van der Waals surface area (Å²) in [4.78, 5) is 18.4. The van der Waals surface area contributed by atoms with E-state index in [1.807, 2.05) is 17.0 Å². The van der Waals surface area contributed by atoms with Gasteiger partial charge in [-0.05, 0) is 41.7 Å². The highest BCUT2D eigenvalue weighted by atomic mass is 32.2. The van der Waals surface area contributed by atoms with Crippen molar-refractivity contribution in [3.63, 3.8) is 0 Å². The Bertz CT molecular complexity index is 763. The van der Waals surface area contributed by atoms with E-state index in [-0.39, 0.29) is 17.1 Å². The molecule has 1 unspecified atom stereocenters. The van der Waals surface area contributed by atoms with Gasteiger partial charge in [0, 0.05) is 24.5 Å². The number of hydrogen-bond donors (Lipinski definition) is 0. The Morgan fingerprint density at radius 2 is 2.17 bits per heavy atom. The number of pyridine rings is 1. The Balaban J connectivity index is 2.02. The van der Waals surface area contributed by atoms with Gasteiger partial charge in [0.05, 0.1) is 5.75 Å². The number of amides is 1. The summed E-state index contributed by atoms with van der Waals surface area (Å²) in [7, 11) is 0. The molecular weight excluding hydrogens is 323 g/mol. The van der Waals surface area contributed by atoms with Gasteiger partial charge < -0.3 is 4.90 Å². The SMILES string of the molecule is Cc1ccc(-c2ccncc2C2SCC(=O)N2CC(C)C)cc1F. The first-order valence-corrected chi connectivity index (χ1v) is 9.13. The summed E-state index contributed by atoms with van der Waals surface area (Å²) >= 11 is 1.61. The zero-order chi connectivity index (χ0) is 17.3. The van der Waals surface area contributed by atoms with Crippen LogP contribution in [0.2, 0.25) is 0 Å². The molecule has 1 aromatic heterocycles. The van der Waals surface area contributed by atoms with E-state index < -0.39 is 0 Å². The lowest BCUT2D eigenvalue weighted by molar-refractivity contribution is -0.128. The average molecular weight is 344 g/mol. The predicted molar refractivity (Wildman–Crippen MR) is 96.1 cm³/mol. The molecule has 1 atom stereocenters. The third-order valence-corrected chi connectivity index (χ3v) is 5.37. The number of carbonyl (C=O) groups is 1. The van der Waals surface area contributed by atoms with Crippen molar-refractivity contribution in [2.45, 2.75) is 26.1 Å². The summed E-state index contributed by atoms with van der Waals surface area (Å²) in [5.41, 5.74) is 3.35. The van der Waals surface area contributed by atoms with Gasteiger partial charge in [-0.2, -0.15) is 0 Å². The molecule has 0 bridgehead atoms. The molecule has 126 valence electrons. The Morgan fingerprint density at radius 1 is 1.38 bits per heavy atom. The molecule has 1 aliphatic rings. The van der Waals surface area contributed by atoms with E-state index in [2.05, 4.69) is 18.8 Å². The normalized spacial score (nSPS) is 17.8. The first kappa shape index (κ1) is 17.0. The van der Waals surface area contributed by atoms with Crippen LogP contribution < -0.4 is 0 Å². The lowest BCUT2D eigenvalue weighted by atomic mass is 9.99. The van der Waals surface area contributed by atoms with Crippen molar-refractivity contribution in [1.29, 1.82) is 0 Å². The van der Waals surface area contributed by atoms with Gasteiger partial charge in [-0.15, -0.1) is 11.8 Å². The fraction of sp³-hybridized carbons (Fsp3) is 0.368. The van der Waals surface area contributed by atoms with Gasteiger partial charge in [-0.25, -0.2) is 4.39 Å². The van der Waals surface area contributed by atoms with Gasteiger partial charge in [0.1, 0.15) is 11.2 Å². The highest BCUT2D eigenvalue weighted by Gasteiger charge is 2.34. The molecule has 3 nitrogen and oxygen atoms in total. The number of thioether (sulfide) groups is 1. The van der Waals surface area contributed by atoms with Crippen LogP contribution >= 0.6 is 11.8 Å². The molecule has 1 amide bonds. The third kappa shape index (κ3) is 3.31. The molecule has 3 rings (SSSR count). The van der Waals surface area contributed by atoms with Gasteiger partial charge in [-0.1, -0.05) is 26.0 Å². The monoisotopic (exact) mass is 344 g/mol. The summed E-state index contributed by atoms with van der Waals surface area (Å²) in [6, 6.07) is 7.16. The standard InChI is InChI=1S/C19H21FN2OS/c1-12(2)10-22-18(23)11-24-19(22)16-9-21-7-6-15(16)14-5-4-13(3)17(20)8-14/h4-9,12,19H,10-11H2,1-3H3. The van der Waals surface area contributed by atoms with E-state index >= 15 is 0 Å².